The van der Waals surface area contributed by atoms with Crippen LogP contribution in [0.25, 0.3) is 10.8 Å². The molecule has 10 heteroatoms. The molecule has 0 saturated heterocycles. The molecule has 0 bridgehead atoms. The molecule has 4 N–H and O–H groups in total. The summed E-state index contributed by atoms with van der Waals surface area (Å²) in [4.78, 5) is 35.2. The Hall–Kier alpha value is -6.36. The molecule has 252 valence electrons. The second-order valence-electron chi connectivity index (χ2n) is 11.4. The number of carbonyl (C=O) groups is 2. The van der Waals surface area contributed by atoms with Gasteiger partial charge in [0, 0.05) is 0 Å². The van der Waals surface area contributed by atoms with Crippen molar-refractivity contribution >= 4 is 22.8 Å². The lowest BCUT2D eigenvalue weighted by Crippen LogP contribution is -2.35. The van der Waals surface area contributed by atoms with E-state index in [4.69, 9.17) is 30.6 Å². The van der Waals surface area contributed by atoms with E-state index in [0.29, 0.717) is 23.0 Å². The Morgan fingerprint density at radius 2 is 0.820 bits per heavy atom. The van der Waals surface area contributed by atoms with Gasteiger partial charge in [0.1, 0.15) is 36.2 Å². The summed E-state index contributed by atoms with van der Waals surface area (Å²) >= 11 is 0. The number of nitrogens with two attached hydrogens (primary N) is 2. The van der Waals surface area contributed by atoms with Gasteiger partial charge in [-0.05, 0) is 81.6 Å². The van der Waals surface area contributed by atoms with Crippen LogP contribution in [0.15, 0.2) is 146 Å². The average Bonchev–Trinajstić information content (AvgIpc) is 3.13. The number of fused-ring (bicyclic) bond motifs is 1. The number of carbonyl (C=O) groups excluding carboxylic acids is 2. The first-order valence-corrected chi connectivity index (χ1v) is 15.9. The van der Waals surface area contributed by atoms with Crippen molar-refractivity contribution in [2.45, 2.75) is 26.3 Å². The monoisotopic (exact) mass is 668 g/mol. The lowest BCUT2D eigenvalue weighted by Gasteiger charge is -2.20. The van der Waals surface area contributed by atoms with Crippen molar-refractivity contribution in [3.8, 4) is 23.0 Å². The molecule has 6 rings (SSSR count). The highest BCUT2D eigenvalue weighted by Gasteiger charge is 2.14. The van der Waals surface area contributed by atoms with E-state index in [2.05, 4.69) is 0 Å². The van der Waals surface area contributed by atoms with Gasteiger partial charge in [-0.15, -0.1) is 0 Å². The molecule has 0 aromatic heterocycles. The van der Waals surface area contributed by atoms with Crippen molar-refractivity contribution in [1.82, 2.24) is 10.1 Å². The number of primary amides is 2. The molecule has 6 aromatic rings. The quantitative estimate of drug-likeness (QED) is 0.112. The number of hydroxylamine groups is 4. The Labute approximate surface area is 289 Å². The maximum absolute atomic E-state index is 12.0. The highest BCUT2D eigenvalue weighted by atomic mass is 16.7. The summed E-state index contributed by atoms with van der Waals surface area (Å²) in [7, 11) is 0. The summed E-state index contributed by atoms with van der Waals surface area (Å²) in [5, 5.41) is 4.25. The Kier molecular flexibility index (Phi) is 10.8. The largest absolute Gasteiger partial charge is 0.457 e. The van der Waals surface area contributed by atoms with Crippen LogP contribution in [0, 0.1) is 0 Å². The summed E-state index contributed by atoms with van der Waals surface area (Å²) in [5.74, 6) is 2.59. The maximum Gasteiger partial charge on any atom is 0.339 e. The minimum Gasteiger partial charge on any atom is -0.457 e. The molecule has 0 aliphatic rings. The molecule has 4 amide bonds. The van der Waals surface area contributed by atoms with E-state index >= 15 is 0 Å². The predicted molar refractivity (Wildman–Crippen MR) is 190 cm³/mol. The zero-order valence-corrected chi connectivity index (χ0v) is 27.2. The van der Waals surface area contributed by atoms with Gasteiger partial charge in [-0.25, -0.2) is 9.59 Å². The van der Waals surface area contributed by atoms with Crippen molar-refractivity contribution in [1.29, 1.82) is 0 Å². The van der Waals surface area contributed by atoms with Crippen LogP contribution in [0.1, 0.15) is 22.3 Å². The van der Waals surface area contributed by atoms with E-state index in [0.717, 1.165) is 43.2 Å². The van der Waals surface area contributed by atoms with Gasteiger partial charge in [-0.3, -0.25) is 9.68 Å². The third kappa shape index (κ3) is 9.38. The number of benzene rings is 6. The summed E-state index contributed by atoms with van der Waals surface area (Å²) in [6.45, 7) is 0.849. The Morgan fingerprint density at radius 1 is 0.440 bits per heavy atom. The highest BCUT2D eigenvalue weighted by Crippen LogP contribution is 2.30. The number of hydrogen-bond donors (Lipinski definition) is 2. The first-order valence-electron chi connectivity index (χ1n) is 15.9. The third-order valence-corrected chi connectivity index (χ3v) is 7.71. The van der Waals surface area contributed by atoms with Gasteiger partial charge in [0.2, 0.25) is 0 Å². The topological polar surface area (TPSA) is 130 Å². The highest BCUT2D eigenvalue weighted by molar-refractivity contribution is 5.85. The molecular formula is C40H36N4O6. The molecule has 0 atom stereocenters. The van der Waals surface area contributed by atoms with Crippen molar-refractivity contribution in [3.63, 3.8) is 0 Å². The van der Waals surface area contributed by atoms with Gasteiger partial charge in [0.15, 0.2) is 0 Å². The smallest absolute Gasteiger partial charge is 0.339 e. The SMILES string of the molecule is NC(=O)N(Cc1ccc(Oc2ccc3ccc(Oc4ccc(CN(OCc5ccccc5)C(N)=O)cc4)cc3c2)cc1)OCc1ccccc1. The Balaban J connectivity index is 1.04. The number of nitrogens with zero attached hydrogens (tertiary/aromatic N) is 2. The van der Waals surface area contributed by atoms with E-state index in [1.165, 1.54) is 0 Å². The molecule has 0 aliphatic carbocycles. The molecular weight excluding hydrogens is 632 g/mol. The van der Waals surface area contributed by atoms with Crippen LogP contribution in [0.5, 0.6) is 23.0 Å². The van der Waals surface area contributed by atoms with Crippen molar-refractivity contribution in [2.24, 2.45) is 11.5 Å². The van der Waals surface area contributed by atoms with Crippen LogP contribution in [0.2, 0.25) is 0 Å². The molecule has 0 heterocycles. The minimum atomic E-state index is -0.672. The van der Waals surface area contributed by atoms with Crippen LogP contribution in [-0.2, 0) is 36.0 Å². The maximum atomic E-state index is 12.0. The molecule has 50 heavy (non-hydrogen) atoms. The summed E-state index contributed by atoms with van der Waals surface area (Å²) in [5.41, 5.74) is 14.6. The van der Waals surface area contributed by atoms with E-state index in [1.807, 2.05) is 146 Å². The van der Waals surface area contributed by atoms with Crippen LogP contribution >= 0.6 is 0 Å². The van der Waals surface area contributed by atoms with E-state index in [1.54, 1.807) is 0 Å². The molecule has 10 nitrogen and oxygen atoms in total. The van der Waals surface area contributed by atoms with Crippen molar-refractivity contribution < 1.29 is 28.7 Å². The van der Waals surface area contributed by atoms with E-state index < -0.39 is 12.1 Å². The fraction of sp³-hybridized carbons (Fsp3) is 0.100. The van der Waals surface area contributed by atoms with Crippen LogP contribution in [0.4, 0.5) is 9.59 Å². The molecule has 0 fully saturated rings. The first kappa shape index (κ1) is 33.5. The fourth-order valence-corrected chi connectivity index (χ4v) is 5.09. The Morgan fingerprint density at radius 3 is 1.20 bits per heavy atom. The summed E-state index contributed by atoms with van der Waals surface area (Å²) < 4.78 is 12.3. The third-order valence-electron chi connectivity index (χ3n) is 7.71. The number of urea groups is 2. The van der Waals surface area contributed by atoms with Gasteiger partial charge in [-0.1, -0.05) is 97.1 Å². The van der Waals surface area contributed by atoms with Crippen LogP contribution < -0.4 is 20.9 Å². The zero-order valence-electron chi connectivity index (χ0n) is 27.2. The second-order valence-corrected chi connectivity index (χ2v) is 11.4. The average molecular weight is 669 g/mol. The minimum absolute atomic E-state index is 0.193. The number of ether oxygens (including phenoxy) is 2. The number of amides is 4. The van der Waals surface area contributed by atoms with Gasteiger partial charge < -0.3 is 20.9 Å². The van der Waals surface area contributed by atoms with E-state index in [9.17, 15) is 9.59 Å². The van der Waals surface area contributed by atoms with Crippen molar-refractivity contribution in [3.05, 3.63) is 168 Å². The number of hydrogen-bond acceptors (Lipinski definition) is 6. The fourth-order valence-electron chi connectivity index (χ4n) is 5.09. The summed E-state index contributed by atoms with van der Waals surface area (Å²) in [6.07, 6.45) is 0. The summed E-state index contributed by atoms with van der Waals surface area (Å²) in [6, 6.07) is 44.2. The van der Waals surface area contributed by atoms with Crippen molar-refractivity contribution in [2.75, 3.05) is 0 Å². The number of rotatable bonds is 14. The van der Waals surface area contributed by atoms with Gasteiger partial charge in [-0.2, -0.15) is 10.1 Å². The standard InChI is InChI=1S/C40H36N4O6/c41-39(45)43(47-27-31-7-3-1-4-8-31)25-29-11-17-35(18-12-29)49-37-21-15-33-16-22-38(24-34(33)23-37)50-36-19-13-30(14-20-36)26-44(40(42)46)48-28-32-9-5-2-6-10-32/h1-24H,25-28H2,(H2,41,45)(H2,42,46). The Bertz CT molecular complexity index is 1880. The first-order chi connectivity index (χ1) is 24.4. The van der Waals surface area contributed by atoms with E-state index in [-0.39, 0.29) is 26.3 Å². The lowest BCUT2D eigenvalue weighted by atomic mass is 10.1. The predicted octanol–water partition coefficient (Wildman–Crippen LogP) is 8.45. The molecule has 0 unspecified atom stereocenters. The zero-order chi connectivity index (χ0) is 34.7. The van der Waals surface area contributed by atoms with Gasteiger partial charge in [0.05, 0.1) is 13.1 Å². The van der Waals surface area contributed by atoms with Crippen LogP contribution in [0.3, 0.4) is 0 Å². The molecule has 0 saturated carbocycles. The second kappa shape index (κ2) is 16.2. The van der Waals surface area contributed by atoms with Gasteiger partial charge >= 0.3 is 12.1 Å². The lowest BCUT2D eigenvalue weighted by molar-refractivity contribution is -0.132. The molecule has 0 aliphatic heterocycles. The van der Waals surface area contributed by atoms with Crippen LogP contribution in [-0.4, -0.2) is 22.2 Å². The normalized spacial score (nSPS) is 10.8. The van der Waals surface area contributed by atoms with Gasteiger partial charge in [0.25, 0.3) is 0 Å². The molecule has 0 spiro atoms. The molecule has 6 aromatic carbocycles. The molecule has 0 radical (unpaired) electrons.